The third-order valence-electron chi connectivity index (χ3n) is 6.16. The van der Waals surface area contributed by atoms with E-state index >= 15 is 0 Å². The van der Waals surface area contributed by atoms with Crippen molar-refractivity contribution >= 4 is 25.3 Å². The van der Waals surface area contributed by atoms with Gasteiger partial charge in [-0.1, -0.05) is 26.0 Å². The van der Waals surface area contributed by atoms with Crippen molar-refractivity contribution in [1.29, 1.82) is 0 Å². The van der Waals surface area contributed by atoms with Gasteiger partial charge in [0.1, 0.15) is 5.75 Å². The number of methoxy groups -OCH3 is 1. The smallest absolute Gasteiger partial charge is 0.335 e. The second-order valence-electron chi connectivity index (χ2n) is 7.98. The highest BCUT2D eigenvalue weighted by Crippen LogP contribution is 2.60. The van der Waals surface area contributed by atoms with Crippen molar-refractivity contribution in [2.75, 3.05) is 12.4 Å². The Hall–Kier alpha value is -3.19. The average molecular weight is 484 g/mol. The Morgan fingerprint density at radius 1 is 1.12 bits per heavy atom. The summed E-state index contributed by atoms with van der Waals surface area (Å²) >= 11 is 0. The fraction of sp³-hybridized carbons (Fsp3) is 0.280. The summed E-state index contributed by atoms with van der Waals surface area (Å²) < 4.78 is 19.1. The van der Waals surface area contributed by atoms with Gasteiger partial charge in [0.2, 0.25) is 5.91 Å². The van der Waals surface area contributed by atoms with Crippen LogP contribution in [0.3, 0.4) is 0 Å². The lowest BCUT2D eigenvalue weighted by atomic mass is 9.92. The molecule has 0 unspecified atom stereocenters. The largest absolute Gasteiger partial charge is 0.497 e. The third kappa shape index (κ3) is 5.14. The van der Waals surface area contributed by atoms with Crippen LogP contribution in [0.1, 0.15) is 37.8 Å². The maximum atomic E-state index is 12.5. The van der Waals surface area contributed by atoms with E-state index < -0.39 is 12.8 Å². The molecule has 3 N–H and O–H groups in total. The fourth-order valence-corrected chi connectivity index (χ4v) is 5.44. The molecule has 1 aromatic heterocycles. The van der Waals surface area contributed by atoms with Crippen LogP contribution >= 0.6 is 7.60 Å². The average Bonchev–Trinajstić information content (AvgIpc) is 3.19. The maximum Gasteiger partial charge on any atom is 0.335 e. The van der Waals surface area contributed by atoms with Gasteiger partial charge in [0.25, 0.3) is 0 Å². The summed E-state index contributed by atoms with van der Waals surface area (Å²) in [5, 5.41) is 5.86. The lowest BCUT2D eigenvalue weighted by Gasteiger charge is -2.33. The van der Waals surface area contributed by atoms with Gasteiger partial charge in [0.05, 0.1) is 24.2 Å². The van der Waals surface area contributed by atoms with E-state index in [0.717, 1.165) is 22.6 Å². The molecule has 0 bridgehead atoms. The highest BCUT2D eigenvalue weighted by Gasteiger charge is 2.45. The molecule has 0 aliphatic heterocycles. The first-order valence-electron chi connectivity index (χ1n) is 11.0. The van der Waals surface area contributed by atoms with Gasteiger partial charge in [-0.15, -0.1) is 0 Å². The van der Waals surface area contributed by atoms with Crippen molar-refractivity contribution in [3.8, 4) is 17.0 Å². The Kier molecular flexibility index (Phi) is 7.77. The number of amides is 1. The van der Waals surface area contributed by atoms with E-state index in [9.17, 15) is 19.1 Å². The molecule has 0 aliphatic rings. The molecule has 0 fully saturated rings. The van der Waals surface area contributed by atoms with Gasteiger partial charge in [0, 0.05) is 29.9 Å². The van der Waals surface area contributed by atoms with Crippen molar-refractivity contribution in [3.05, 3.63) is 71.9 Å². The zero-order valence-corrected chi connectivity index (χ0v) is 20.6. The molecule has 0 aliphatic carbocycles. The number of ether oxygens (including phenoxy) is 1. The lowest BCUT2D eigenvalue weighted by molar-refractivity contribution is -0.111. The monoisotopic (exact) mass is 483 g/mol. The van der Waals surface area contributed by atoms with E-state index in [4.69, 9.17) is 4.74 Å². The van der Waals surface area contributed by atoms with Crippen LogP contribution < -0.4 is 10.1 Å². The fourth-order valence-electron chi connectivity index (χ4n) is 4.13. The van der Waals surface area contributed by atoms with Crippen LogP contribution in [0.5, 0.6) is 5.75 Å². The minimum atomic E-state index is -4.36. The molecule has 34 heavy (non-hydrogen) atoms. The third-order valence-corrected chi connectivity index (χ3v) is 8.17. The number of hydrogen-bond acceptors (Lipinski definition) is 4. The standard InChI is InChI=1S/C25H30N3O5P/c1-5-25(6-2,34(30,31)32)20-10-12-21(13-11-20)27-23(29)16-9-19-17-26-28(3)24(19)18-7-14-22(33-4)15-8-18/h7-17H,5-6H2,1-4H3,(H,27,29)(H2,30,31,32)/b16-9-. The van der Waals surface area contributed by atoms with E-state index in [1.807, 2.05) is 31.3 Å². The SMILES string of the molecule is CCC(CC)(c1ccc(NC(=O)/C=C\c2cnn(C)c2-c2ccc(OC)cc2)cc1)P(=O)(O)O. The van der Waals surface area contributed by atoms with Gasteiger partial charge in [0.15, 0.2) is 0 Å². The molecule has 180 valence electrons. The van der Waals surface area contributed by atoms with Crippen LogP contribution in [0.15, 0.2) is 60.8 Å². The highest BCUT2D eigenvalue weighted by atomic mass is 31.2. The molecule has 0 radical (unpaired) electrons. The van der Waals surface area contributed by atoms with E-state index in [1.165, 1.54) is 6.08 Å². The number of carbonyl (C=O) groups excluding carboxylic acids is 1. The number of aryl methyl sites for hydroxylation is 1. The lowest BCUT2D eigenvalue weighted by Crippen LogP contribution is -2.24. The second-order valence-corrected chi connectivity index (χ2v) is 9.93. The number of benzene rings is 2. The van der Waals surface area contributed by atoms with Gasteiger partial charge in [-0.2, -0.15) is 5.10 Å². The van der Waals surface area contributed by atoms with Crippen molar-refractivity contribution in [2.45, 2.75) is 31.8 Å². The molecule has 0 saturated heterocycles. The molecule has 3 rings (SSSR count). The van der Waals surface area contributed by atoms with E-state index in [2.05, 4.69) is 10.4 Å². The Balaban J connectivity index is 1.76. The minimum Gasteiger partial charge on any atom is -0.497 e. The predicted molar refractivity (Wildman–Crippen MR) is 134 cm³/mol. The zero-order valence-electron chi connectivity index (χ0n) is 19.7. The number of carbonyl (C=O) groups is 1. The van der Waals surface area contributed by atoms with E-state index in [1.54, 1.807) is 62.2 Å². The van der Waals surface area contributed by atoms with Gasteiger partial charge in [-0.3, -0.25) is 14.0 Å². The summed E-state index contributed by atoms with van der Waals surface area (Å²) in [6, 6.07) is 14.2. The summed E-state index contributed by atoms with van der Waals surface area (Å²) in [6.45, 7) is 3.53. The summed E-state index contributed by atoms with van der Waals surface area (Å²) in [4.78, 5) is 32.4. The molecule has 0 saturated carbocycles. The summed E-state index contributed by atoms with van der Waals surface area (Å²) in [5.74, 6) is 0.425. The van der Waals surface area contributed by atoms with Crippen LogP contribution in [-0.2, 0) is 21.6 Å². The van der Waals surface area contributed by atoms with Crippen LogP contribution in [0.25, 0.3) is 17.3 Å². The van der Waals surface area contributed by atoms with Gasteiger partial charge in [-0.25, -0.2) is 0 Å². The topological polar surface area (TPSA) is 114 Å². The summed E-state index contributed by atoms with van der Waals surface area (Å²) in [5.41, 5.74) is 3.68. The molecule has 3 aromatic rings. The van der Waals surface area contributed by atoms with Crippen LogP contribution in [-0.4, -0.2) is 32.6 Å². The first-order valence-corrected chi connectivity index (χ1v) is 12.6. The van der Waals surface area contributed by atoms with Crippen molar-refractivity contribution < 1.29 is 23.9 Å². The number of anilines is 1. The zero-order chi connectivity index (χ0) is 24.9. The molecular weight excluding hydrogens is 453 g/mol. The number of nitrogens with zero attached hydrogens (tertiary/aromatic N) is 2. The summed E-state index contributed by atoms with van der Waals surface area (Å²) in [7, 11) is -0.914. The molecule has 1 heterocycles. The molecule has 0 atom stereocenters. The number of rotatable bonds is 9. The minimum absolute atomic E-state index is 0.309. The first-order chi connectivity index (χ1) is 16.1. The Morgan fingerprint density at radius 3 is 2.26 bits per heavy atom. The maximum absolute atomic E-state index is 12.5. The predicted octanol–water partition coefficient (Wildman–Crippen LogP) is 4.94. The van der Waals surface area contributed by atoms with E-state index in [0.29, 0.717) is 24.1 Å². The van der Waals surface area contributed by atoms with Crippen molar-refractivity contribution in [1.82, 2.24) is 9.78 Å². The molecule has 8 nitrogen and oxygen atoms in total. The van der Waals surface area contributed by atoms with E-state index in [-0.39, 0.29) is 5.91 Å². The molecule has 1 amide bonds. The first kappa shape index (κ1) is 25.4. The molecular formula is C25H30N3O5P. The van der Waals surface area contributed by atoms with Crippen molar-refractivity contribution in [3.63, 3.8) is 0 Å². The second kappa shape index (κ2) is 10.4. The number of nitrogens with one attached hydrogen (secondary N) is 1. The Morgan fingerprint density at radius 2 is 1.74 bits per heavy atom. The Bertz CT molecular complexity index is 1210. The normalized spacial score (nSPS) is 12.2. The van der Waals surface area contributed by atoms with Crippen LogP contribution in [0, 0.1) is 0 Å². The molecule has 9 heteroatoms. The van der Waals surface area contributed by atoms with Gasteiger partial charge in [-0.05, 0) is 60.9 Å². The number of aromatic nitrogens is 2. The molecule has 0 spiro atoms. The quantitative estimate of drug-likeness (QED) is 0.293. The van der Waals surface area contributed by atoms with Gasteiger partial charge < -0.3 is 19.8 Å². The summed E-state index contributed by atoms with van der Waals surface area (Å²) in [6.07, 6.45) is 5.43. The Labute approximate surface area is 199 Å². The van der Waals surface area contributed by atoms with Crippen molar-refractivity contribution in [2.24, 2.45) is 7.05 Å². The van der Waals surface area contributed by atoms with Gasteiger partial charge >= 0.3 is 7.60 Å². The molecule has 2 aromatic carbocycles. The van der Waals surface area contributed by atoms with Crippen LogP contribution in [0.4, 0.5) is 5.69 Å². The number of hydrogen-bond donors (Lipinski definition) is 3. The highest BCUT2D eigenvalue weighted by molar-refractivity contribution is 7.53. The van der Waals surface area contributed by atoms with Crippen LogP contribution in [0.2, 0.25) is 0 Å².